The molecule has 0 atom stereocenters. The zero-order valence-electron chi connectivity index (χ0n) is 20.2. The molecule has 2 saturated heterocycles. The van der Waals surface area contributed by atoms with Gasteiger partial charge in [-0.2, -0.15) is 4.98 Å². The molecule has 2 aromatic heterocycles. The van der Waals surface area contributed by atoms with Crippen molar-refractivity contribution in [1.29, 1.82) is 0 Å². The second-order valence-electron chi connectivity index (χ2n) is 8.80. The summed E-state index contributed by atoms with van der Waals surface area (Å²) >= 11 is 4.94. The maximum absolute atomic E-state index is 12.1. The number of ether oxygens (including phenoxy) is 1. The molecule has 36 heavy (non-hydrogen) atoms. The van der Waals surface area contributed by atoms with Crippen molar-refractivity contribution in [3.63, 3.8) is 0 Å². The van der Waals surface area contributed by atoms with Gasteiger partial charge in [-0.05, 0) is 64.5 Å². The van der Waals surface area contributed by atoms with Crippen LogP contribution in [0.2, 0.25) is 0 Å². The number of nitrogens with one attached hydrogen (secondary N) is 3. The smallest absolute Gasteiger partial charge is 0.254 e. The van der Waals surface area contributed by atoms with Gasteiger partial charge in [0.25, 0.3) is 5.91 Å². The van der Waals surface area contributed by atoms with Crippen molar-refractivity contribution in [2.75, 3.05) is 62.0 Å². The highest BCUT2D eigenvalue weighted by Gasteiger charge is 2.26. The molecule has 0 aliphatic carbocycles. The van der Waals surface area contributed by atoms with Gasteiger partial charge in [0.1, 0.15) is 5.00 Å². The predicted molar refractivity (Wildman–Crippen MR) is 148 cm³/mol. The minimum absolute atomic E-state index is 0.146. The molecule has 1 aromatic carbocycles. The van der Waals surface area contributed by atoms with Crippen molar-refractivity contribution in [3.8, 4) is 0 Å². The molecule has 0 radical (unpaired) electrons. The summed E-state index contributed by atoms with van der Waals surface area (Å²) in [5.74, 6) is 0.908. The number of hydrogen-bond donors (Lipinski definition) is 3. The maximum atomic E-state index is 12.1. The topological polar surface area (TPSA) is 94.6 Å². The Morgan fingerprint density at radius 3 is 2.56 bits per heavy atom. The third kappa shape index (κ3) is 5.80. The average molecular weight is 573 g/mol. The Morgan fingerprint density at radius 2 is 1.83 bits per heavy atom. The van der Waals surface area contributed by atoms with Crippen LogP contribution in [0.4, 0.5) is 28.1 Å². The van der Waals surface area contributed by atoms with E-state index in [9.17, 15) is 4.79 Å². The number of anilines is 5. The molecule has 2 aliphatic rings. The van der Waals surface area contributed by atoms with E-state index in [1.54, 1.807) is 19.3 Å². The number of carbonyl (C=O) groups excluding carboxylic acids is 1. The number of halogens is 1. The summed E-state index contributed by atoms with van der Waals surface area (Å²) in [6.07, 6.45) is 4.07. The van der Waals surface area contributed by atoms with E-state index in [0.717, 1.165) is 50.1 Å². The first-order chi connectivity index (χ1) is 17.6. The number of amides is 1. The Morgan fingerprint density at radius 1 is 1.08 bits per heavy atom. The lowest BCUT2D eigenvalue weighted by Gasteiger charge is -2.40. The van der Waals surface area contributed by atoms with Gasteiger partial charge in [-0.1, -0.05) is 0 Å². The van der Waals surface area contributed by atoms with E-state index in [2.05, 4.69) is 75.9 Å². The van der Waals surface area contributed by atoms with Crippen LogP contribution >= 0.6 is 27.3 Å². The van der Waals surface area contributed by atoms with E-state index in [-0.39, 0.29) is 5.91 Å². The maximum Gasteiger partial charge on any atom is 0.254 e. The molecule has 0 bridgehead atoms. The second-order valence-corrected chi connectivity index (χ2v) is 10.6. The molecule has 4 heterocycles. The Labute approximate surface area is 223 Å². The number of hydrogen-bond acceptors (Lipinski definition) is 9. The van der Waals surface area contributed by atoms with Gasteiger partial charge in [0, 0.05) is 56.8 Å². The Bertz CT molecular complexity index is 1180. The molecule has 1 amide bonds. The summed E-state index contributed by atoms with van der Waals surface area (Å²) < 4.78 is 6.21. The lowest BCUT2D eigenvalue weighted by Crippen LogP contribution is -2.49. The van der Waals surface area contributed by atoms with Gasteiger partial charge in [-0.25, -0.2) is 4.98 Å². The van der Waals surface area contributed by atoms with Crippen LogP contribution in [-0.4, -0.2) is 73.3 Å². The van der Waals surface area contributed by atoms with Gasteiger partial charge in [0.05, 0.1) is 23.2 Å². The van der Waals surface area contributed by atoms with Crippen LogP contribution in [0.1, 0.15) is 23.2 Å². The molecule has 2 fully saturated rings. The van der Waals surface area contributed by atoms with Crippen LogP contribution in [0, 0.1) is 0 Å². The van der Waals surface area contributed by atoms with E-state index in [0.29, 0.717) is 27.8 Å². The van der Waals surface area contributed by atoms with Gasteiger partial charge < -0.3 is 25.6 Å². The Hall–Kier alpha value is -2.73. The summed E-state index contributed by atoms with van der Waals surface area (Å²) in [4.78, 5) is 26.1. The molecular formula is C25H30BrN7O2S. The summed E-state index contributed by atoms with van der Waals surface area (Å²) in [6, 6.07) is 10.9. The fourth-order valence-electron chi connectivity index (χ4n) is 4.66. The van der Waals surface area contributed by atoms with E-state index < -0.39 is 0 Å². The zero-order chi connectivity index (χ0) is 24.9. The fourth-order valence-corrected chi connectivity index (χ4v) is 5.73. The van der Waals surface area contributed by atoms with Crippen molar-refractivity contribution in [2.45, 2.75) is 18.9 Å². The zero-order valence-corrected chi connectivity index (χ0v) is 22.6. The van der Waals surface area contributed by atoms with Gasteiger partial charge >= 0.3 is 0 Å². The monoisotopic (exact) mass is 571 g/mol. The normalized spacial score (nSPS) is 17.1. The first kappa shape index (κ1) is 24.9. The average Bonchev–Trinajstić information content (AvgIpc) is 3.39. The summed E-state index contributed by atoms with van der Waals surface area (Å²) in [5, 5.41) is 11.8. The highest BCUT2D eigenvalue weighted by molar-refractivity contribution is 9.10. The van der Waals surface area contributed by atoms with Gasteiger partial charge in [0.15, 0.2) is 5.82 Å². The van der Waals surface area contributed by atoms with E-state index in [1.165, 1.54) is 29.9 Å². The molecule has 0 spiro atoms. The van der Waals surface area contributed by atoms with E-state index in [4.69, 9.17) is 4.74 Å². The van der Waals surface area contributed by atoms with Crippen molar-refractivity contribution >= 4 is 61.3 Å². The second kappa shape index (κ2) is 11.5. The summed E-state index contributed by atoms with van der Waals surface area (Å²) in [5.41, 5.74) is 2.73. The van der Waals surface area contributed by atoms with Crippen molar-refractivity contribution in [2.24, 2.45) is 0 Å². The van der Waals surface area contributed by atoms with Crippen molar-refractivity contribution < 1.29 is 9.53 Å². The van der Waals surface area contributed by atoms with Crippen LogP contribution in [0.25, 0.3) is 0 Å². The standard InChI is InChI=1S/C25H30BrN7O2S/c1-27-23(34)20-8-15-36-24(20)30-22-21(26)16-28-25(31-22)29-17-2-4-18(5-3-17)32-9-6-19(7-10-32)33-11-13-35-14-12-33/h2-5,8,15-16,19H,6-7,9-14H2,1H3,(H,27,34)(H2,28,29,30,31). The van der Waals surface area contributed by atoms with Crippen molar-refractivity contribution in [3.05, 3.63) is 51.9 Å². The molecule has 3 aromatic rings. The molecule has 5 rings (SSSR count). The van der Waals surface area contributed by atoms with Gasteiger partial charge in [-0.3, -0.25) is 9.69 Å². The number of thiophene rings is 1. The molecule has 2 aliphatic heterocycles. The van der Waals surface area contributed by atoms with Crippen LogP contribution < -0.4 is 20.9 Å². The van der Waals surface area contributed by atoms with Gasteiger partial charge in [0.2, 0.25) is 5.95 Å². The minimum atomic E-state index is -0.146. The number of rotatable bonds is 7. The third-order valence-corrected chi connectivity index (χ3v) is 8.04. The van der Waals surface area contributed by atoms with Gasteiger partial charge in [-0.15, -0.1) is 11.3 Å². The highest BCUT2D eigenvalue weighted by atomic mass is 79.9. The Kier molecular flexibility index (Phi) is 8.00. The largest absolute Gasteiger partial charge is 0.379 e. The predicted octanol–water partition coefficient (Wildman–Crippen LogP) is 4.45. The first-order valence-corrected chi connectivity index (χ1v) is 13.8. The molecular weight excluding hydrogens is 542 g/mol. The number of morpholine rings is 1. The Balaban J connectivity index is 1.20. The SMILES string of the molecule is CNC(=O)c1ccsc1Nc1nc(Nc2ccc(N3CCC(N4CCOCC4)CC3)cc2)ncc1Br. The van der Waals surface area contributed by atoms with Crippen LogP contribution in [-0.2, 0) is 4.74 Å². The molecule has 0 unspecified atom stereocenters. The van der Waals surface area contributed by atoms with E-state index in [1.807, 2.05) is 5.38 Å². The molecule has 11 heteroatoms. The van der Waals surface area contributed by atoms with E-state index >= 15 is 0 Å². The number of aromatic nitrogens is 2. The molecule has 3 N–H and O–H groups in total. The summed E-state index contributed by atoms with van der Waals surface area (Å²) in [7, 11) is 1.62. The van der Waals surface area contributed by atoms with Crippen molar-refractivity contribution in [1.82, 2.24) is 20.2 Å². The number of carbonyl (C=O) groups is 1. The van der Waals surface area contributed by atoms with Crippen LogP contribution in [0.15, 0.2) is 46.4 Å². The number of benzene rings is 1. The molecule has 190 valence electrons. The lowest BCUT2D eigenvalue weighted by molar-refractivity contribution is 0.0115. The number of piperidine rings is 1. The quantitative estimate of drug-likeness (QED) is 0.383. The summed E-state index contributed by atoms with van der Waals surface area (Å²) in [6.45, 7) is 5.98. The van der Waals surface area contributed by atoms with Crippen LogP contribution in [0.5, 0.6) is 0 Å². The fraction of sp³-hybridized carbons (Fsp3) is 0.400. The molecule has 9 nitrogen and oxygen atoms in total. The lowest BCUT2D eigenvalue weighted by atomic mass is 10.0. The third-order valence-electron chi connectivity index (χ3n) is 6.63. The van der Waals surface area contributed by atoms with Crippen LogP contribution in [0.3, 0.4) is 0 Å². The first-order valence-electron chi connectivity index (χ1n) is 12.1. The number of nitrogens with zero attached hydrogens (tertiary/aromatic N) is 4. The molecule has 0 saturated carbocycles. The highest BCUT2D eigenvalue weighted by Crippen LogP contribution is 2.31. The minimum Gasteiger partial charge on any atom is -0.379 e.